The third kappa shape index (κ3) is 3.86. The molecule has 0 spiro atoms. The van der Waals surface area contributed by atoms with Crippen LogP contribution in [0, 0.1) is 13.8 Å². The number of aryl methyl sites for hydroxylation is 2. The maximum atomic E-state index is 13.1. The first-order valence-corrected chi connectivity index (χ1v) is 11.3. The van der Waals surface area contributed by atoms with Crippen molar-refractivity contribution in [3.63, 3.8) is 0 Å². The summed E-state index contributed by atoms with van der Waals surface area (Å²) in [7, 11) is 0. The average molecular weight is 414 g/mol. The maximum Gasteiger partial charge on any atom is 0.272 e. The second-order valence-electron chi connectivity index (χ2n) is 7.22. The highest BCUT2D eigenvalue weighted by Gasteiger charge is 2.20. The SMILES string of the molecule is Cc1ccc(Cn2c(SCC(=O)N3CCCC3)nc3ccsc3c2=O)cc1C. The molecule has 3 aromatic rings. The van der Waals surface area contributed by atoms with E-state index in [1.54, 1.807) is 4.57 Å². The quantitative estimate of drug-likeness (QED) is 0.471. The lowest BCUT2D eigenvalue weighted by Gasteiger charge is -2.16. The van der Waals surface area contributed by atoms with Gasteiger partial charge in [0.1, 0.15) is 4.70 Å². The minimum absolute atomic E-state index is 0.0330. The minimum Gasteiger partial charge on any atom is -0.342 e. The van der Waals surface area contributed by atoms with Crippen molar-refractivity contribution in [1.29, 1.82) is 0 Å². The molecule has 1 aliphatic heterocycles. The summed E-state index contributed by atoms with van der Waals surface area (Å²) >= 11 is 2.78. The fraction of sp³-hybridized carbons (Fsp3) is 0.381. The summed E-state index contributed by atoms with van der Waals surface area (Å²) in [5.74, 6) is 0.439. The Hall–Kier alpha value is -2.12. The van der Waals surface area contributed by atoms with Crippen LogP contribution in [0.2, 0.25) is 0 Å². The van der Waals surface area contributed by atoms with Gasteiger partial charge in [0.25, 0.3) is 5.56 Å². The Balaban J connectivity index is 1.65. The van der Waals surface area contributed by atoms with Gasteiger partial charge in [0.15, 0.2) is 5.16 Å². The Labute approximate surface area is 172 Å². The third-order valence-corrected chi connectivity index (χ3v) is 7.08. The molecule has 2 aromatic heterocycles. The summed E-state index contributed by atoms with van der Waals surface area (Å²) in [6.45, 7) is 6.29. The topological polar surface area (TPSA) is 55.2 Å². The van der Waals surface area contributed by atoms with E-state index in [9.17, 15) is 9.59 Å². The maximum absolute atomic E-state index is 13.1. The molecular formula is C21H23N3O2S2. The van der Waals surface area contributed by atoms with Crippen molar-refractivity contribution in [2.24, 2.45) is 0 Å². The van der Waals surface area contributed by atoms with Gasteiger partial charge in [-0.05, 0) is 54.8 Å². The Morgan fingerprint density at radius 3 is 2.71 bits per heavy atom. The molecule has 0 unspecified atom stereocenters. The highest BCUT2D eigenvalue weighted by Crippen LogP contribution is 2.23. The van der Waals surface area contributed by atoms with Crippen LogP contribution in [-0.4, -0.2) is 39.2 Å². The number of hydrogen-bond donors (Lipinski definition) is 0. The van der Waals surface area contributed by atoms with Crippen LogP contribution in [0.4, 0.5) is 0 Å². The molecular weight excluding hydrogens is 390 g/mol. The second-order valence-corrected chi connectivity index (χ2v) is 9.07. The molecule has 1 saturated heterocycles. The van der Waals surface area contributed by atoms with Crippen LogP contribution in [0.15, 0.2) is 39.6 Å². The van der Waals surface area contributed by atoms with Gasteiger partial charge < -0.3 is 4.90 Å². The van der Waals surface area contributed by atoms with E-state index in [0.29, 0.717) is 27.7 Å². The molecule has 1 aliphatic rings. The molecule has 4 rings (SSSR count). The van der Waals surface area contributed by atoms with Gasteiger partial charge in [-0.25, -0.2) is 4.98 Å². The van der Waals surface area contributed by atoms with Crippen molar-refractivity contribution in [1.82, 2.24) is 14.5 Å². The highest BCUT2D eigenvalue weighted by molar-refractivity contribution is 7.99. The van der Waals surface area contributed by atoms with Crippen molar-refractivity contribution in [3.05, 3.63) is 56.7 Å². The number of carbonyl (C=O) groups excluding carboxylic acids is 1. The van der Waals surface area contributed by atoms with Crippen LogP contribution in [0.1, 0.15) is 29.5 Å². The summed E-state index contributed by atoms with van der Waals surface area (Å²) < 4.78 is 2.38. The van der Waals surface area contributed by atoms with Crippen molar-refractivity contribution in [2.75, 3.05) is 18.8 Å². The van der Waals surface area contributed by atoms with E-state index in [1.165, 1.54) is 34.2 Å². The lowest BCUT2D eigenvalue weighted by Crippen LogP contribution is -2.30. The predicted molar refractivity (Wildman–Crippen MR) is 115 cm³/mol. The molecule has 1 aromatic carbocycles. The molecule has 0 N–H and O–H groups in total. The number of fused-ring (bicyclic) bond motifs is 1. The number of benzene rings is 1. The third-order valence-electron chi connectivity index (χ3n) is 5.23. The Bertz CT molecular complexity index is 1080. The molecule has 0 radical (unpaired) electrons. The summed E-state index contributed by atoms with van der Waals surface area (Å²) in [5.41, 5.74) is 4.18. The molecule has 146 valence electrons. The van der Waals surface area contributed by atoms with Crippen LogP contribution >= 0.6 is 23.1 Å². The number of carbonyl (C=O) groups is 1. The van der Waals surface area contributed by atoms with Gasteiger partial charge in [-0.15, -0.1) is 11.3 Å². The van der Waals surface area contributed by atoms with E-state index in [0.717, 1.165) is 31.5 Å². The largest absolute Gasteiger partial charge is 0.342 e. The Morgan fingerprint density at radius 2 is 1.96 bits per heavy atom. The second kappa shape index (κ2) is 8.09. The molecule has 0 saturated carbocycles. The number of thiophene rings is 1. The number of aromatic nitrogens is 2. The van der Waals surface area contributed by atoms with E-state index >= 15 is 0 Å². The van der Waals surface area contributed by atoms with Crippen molar-refractivity contribution in [3.8, 4) is 0 Å². The van der Waals surface area contributed by atoms with Gasteiger partial charge >= 0.3 is 0 Å². The van der Waals surface area contributed by atoms with Gasteiger partial charge in [0.2, 0.25) is 5.91 Å². The molecule has 28 heavy (non-hydrogen) atoms. The zero-order valence-corrected chi connectivity index (χ0v) is 17.7. The fourth-order valence-corrected chi connectivity index (χ4v) is 5.12. The molecule has 7 heteroatoms. The summed E-state index contributed by atoms with van der Waals surface area (Å²) in [5, 5.41) is 2.50. The molecule has 5 nitrogen and oxygen atoms in total. The number of nitrogens with zero attached hydrogens (tertiary/aromatic N) is 3. The molecule has 1 amide bonds. The molecule has 0 bridgehead atoms. The number of amides is 1. The number of thioether (sulfide) groups is 1. The molecule has 0 atom stereocenters. The molecule has 1 fully saturated rings. The van der Waals surface area contributed by atoms with E-state index < -0.39 is 0 Å². The van der Waals surface area contributed by atoms with Crippen molar-refractivity contribution in [2.45, 2.75) is 38.4 Å². The first kappa shape index (κ1) is 19.2. The fourth-order valence-electron chi connectivity index (χ4n) is 3.44. The normalized spacial score (nSPS) is 14.1. The first-order valence-electron chi connectivity index (χ1n) is 9.47. The zero-order valence-electron chi connectivity index (χ0n) is 16.1. The van der Waals surface area contributed by atoms with E-state index in [4.69, 9.17) is 4.98 Å². The summed E-state index contributed by atoms with van der Waals surface area (Å²) in [6.07, 6.45) is 2.15. The summed E-state index contributed by atoms with van der Waals surface area (Å²) in [4.78, 5) is 32.2. The number of likely N-dealkylation sites (tertiary alicyclic amines) is 1. The first-order chi connectivity index (χ1) is 13.5. The predicted octanol–water partition coefficient (Wildman–Crippen LogP) is 3.84. The van der Waals surface area contributed by atoms with Gasteiger partial charge in [-0.1, -0.05) is 30.0 Å². The Kier molecular flexibility index (Phi) is 5.55. The van der Waals surface area contributed by atoms with Crippen LogP contribution in [0.3, 0.4) is 0 Å². The van der Waals surface area contributed by atoms with E-state index in [2.05, 4.69) is 32.0 Å². The summed E-state index contributed by atoms with van der Waals surface area (Å²) in [6, 6.07) is 8.12. The average Bonchev–Trinajstić information content (AvgIpc) is 3.37. The zero-order chi connectivity index (χ0) is 19.7. The van der Waals surface area contributed by atoms with Crippen molar-refractivity contribution >= 4 is 39.2 Å². The van der Waals surface area contributed by atoms with Crippen LogP contribution in [0.5, 0.6) is 0 Å². The van der Waals surface area contributed by atoms with E-state index in [1.807, 2.05) is 16.3 Å². The van der Waals surface area contributed by atoms with Crippen LogP contribution in [0.25, 0.3) is 10.2 Å². The van der Waals surface area contributed by atoms with Gasteiger partial charge in [0.05, 0.1) is 17.8 Å². The number of rotatable bonds is 5. The minimum atomic E-state index is -0.0330. The Morgan fingerprint density at radius 1 is 1.18 bits per heavy atom. The highest BCUT2D eigenvalue weighted by atomic mass is 32.2. The van der Waals surface area contributed by atoms with Gasteiger partial charge in [-0.3, -0.25) is 14.2 Å². The van der Waals surface area contributed by atoms with Gasteiger partial charge in [0, 0.05) is 13.1 Å². The lowest BCUT2D eigenvalue weighted by molar-refractivity contribution is -0.127. The van der Waals surface area contributed by atoms with Crippen LogP contribution < -0.4 is 5.56 Å². The van der Waals surface area contributed by atoms with Crippen molar-refractivity contribution < 1.29 is 4.79 Å². The number of hydrogen-bond acceptors (Lipinski definition) is 5. The lowest BCUT2D eigenvalue weighted by atomic mass is 10.1. The van der Waals surface area contributed by atoms with Crippen LogP contribution in [-0.2, 0) is 11.3 Å². The van der Waals surface area contributed by atoms with E-state index in [-0.39, 0.29) is 11.5 Å². The molecule has 3 heterocycles. The monoisotopic (exact) mass is 413 g/mol. The smallest absolute Gasteiger partial charge is 0.272 e. The van der Waals surface area contributed by atoms with Gasteiger partial charge in [-0.2, -0.15) is 0 Å². The molecule has 0 aliphatic carbocycles. The standard InChI is InChI=1S/C21H23N3O2S2/c1-14-5-6-16(11-15(14)2)12-24-20(26)19-17(7-10-27-19)22-21(24)28-13-18(25)23-8-3-4-9-23/h5-7,10-11H,3-4,8-9,12-13H2,1-2H3.